The van der Waals surface area contributed by atoms with E-state index < -0.39 is 0 Å². The zero-order chi connectivity index (χ0) is 12.4. The predicted octanol–water partition coefficient (Wildman–Crippen LogP) is 2.30. The molecule has 0 aliphatic carbocycles. The van der Waals surface area contributed by atoms with Gasteiger partial charge in [-0.3, -0.25) is 9.89 Å². The molecule has 1 N–H and O–H groups in total. The molecule has 0 atom stereocenters. The summed E-state index contributed by atoms with van der Waals surface area (Å²) in [5, 5.41) is 6.63. The van der Waals surface area contributed by atoms with Crippen molar-refractivity contribution < 1.29 is 4.79 Å². The van der Waals surface area contributed by atoms with Crippen molar-refractivity contribution in [2.75, 3.05) is 11.9 Å². The van der Waals surface area contributed by atoms with Gasteiger partial charge in [0, 0.05) is 18.4 Å². The lowest BCUT2D eigenvalue weighted by atomic mass is 10.2. The molecule has 88 valence electrons. The number of rotatable bonds is 2. The molecule has 0 aliphatic rings. The number of hydrogen-bond acceptors (Lipinski definition) is 2. The fourth-order valence-corrected chi connectivity index (χ4v) is 1.70. The lowest BCUT2D eigenvalue weighted by molar-refractivity contribution is 0.0992. The van der Waals surface area contributed by atoms with Gasteiger partial charge < -0.3 is 4.90 Å². The third-order valence-electron chi connectivity index (χ3n) is 2.75. The number of carbonyl (C=O) groups excluding carboxylic acids is 1. The Balaban J connectivity index is 2.30. The Morgan fingerprint density at radius 2 is 2.12 bits per heavy atom. The zero-order valence-corrected chi connectivity index (χ0v) is 10.2. The molecule has 1 amide bonds. The maximum atomic E-state index is 12.2. The number of nitrogens with zero attached hydrogens (tertiary/aromatic N) is 2. The van der Waals surface area contributed by atoms with Gasteiger partial charge in [-0.05, 0) is 31.5 Å². The number of aromatic nitrogens is 2. The van der Waals surface area contributed by atoms with Gasteiger partial charge in [0.2, 0.25) is 0 Å². The summed E-state index contributed by atoms with van der Waals surface area (Å²) in [7, 11) is 1.77. The van der Waals surface area contributed by atoms with Gasteiger partial charge in [-0.25, -0.2) is 0 Å². The molecule has 2 aromatic rings. The molecule has 4 heteroatoms. The van der Waals surface area contributed by atoms with Crippen molar-refractivity contribution in [2.24, 2.45) is 0 Å². The maximum absolute atomic E-state index is 12.2. The van der Waals surface area contributed by atoms with Crippen LogP contribution < -0.4 is 4.90 Å². The number of nitrogens with one attached hydrogen (secondary N) is 1. The first-order valence-electron chi connectivity index (χ1n) is 5.44. The predicted molar refractivity (Wildman–Crippen MR) is 67.2 cm³/mol. The maximum Gasteiger partial charge on any atom is 0.261 e. The highest BCUT2D eigenvalue weighted by Crippen LogP contribution is 2.17. The minimum absolute atomic E-state index is 0.0538. The first-order valence-corrected chi connectivity index (χ1v) is 5.44. The second-order valence-electron chi connectivity index (χ2n) is 4.11. The highest BCUT2D eigenvalue weighted by molar-refractivity contribution is 6.06. The second-order valence-corrected chi connectivity index (χ2v) is 4.11. The lowest BCUT2D eigenvalue weighted by Crippen LogP contribution is -2.26. The Hall–Kier alpha value is -2.10. The van der Waals surface area contributed by atoms with Gasteiger partial charge in [-0.15, -0.1) is 0 Å². The molecule has 1 aromatic heterocycles. The van der Waals surface area contributed by atoms with E-state index in [9.17, 15) is 4.79 Å². The van der Waals surface area contributed by atoms with E-state index in [-0.39, 0.29) is 5.91 Å². The average Bonchev–Trinajstić information content (AvgIpc) is 2.73. The smallest absolute Gasteiger partial charge is 0.261 e. The zero-order valence-electron chi connectivity index (χ0n) is 10.2. The fraction of sp³-hybridized carbons (Fsp3) is 0.231. The van der Waals surface area contributed by atoms with E-state index in [1.54, 1.807) is 18.1 Å². The van der Waals surface area contributed by atoms with Crippen LogP contribution in [0, 0.1) is 13.8 Å². The molecular weight excluding hydrogens is 214 g/mol. The molecule has 0 unspecified atom stereocenters. The molecule has 1 aromatic carbocycles. The van der Waals surface area contributed by atoms with Gasteiger partial charge >= 0.3 is 0 Å². The highest BCUT2D eigenvalue weighted by Gasteiger charge is 2.16. The van der Waals surface area contributed by atoms with Crippen molar-refractivity contribution in [3.05, 3.63) is 47.3 Å². The standard InChI is InChI=1S/C13H15N3O/c1-9-5-4-6-11(7-9)16(3)13(17)12-8-14-15-10(12)2/h4-8H,1-3H3,(H,14,15). The number of benzene rings is 1. The summed E-state index contributed by atoms with van der Waals surface area (Å²) in [6, 6.07) is 7.84. The monoisotopic (exact) mass is 229 g/mol. The molecule has 0 saturated carbocycles. The quantitative estimate of drug-likeness (QED) is 0.859. The van der Waals surface area contributed by atoms with Gasteiger partial charge in [0.1, 0.15) is 0 Å². The van der Waals surface area contributed by atoms with Crippen LogP contribution in [0.15, 0.2) is 30.5 Å². The second kappa shape index (κ2) is 4.41. The highest BCUT2D eigenvalue weighted by atomic mass is 16.2. The normalized spacial score (nSPS) is 10.3. The van der Waals surface area contributed by atoms with E-state index in [1.165, 1.54) is 0 Å². The summed E-state index contributed by atoms with van der Waals surface area (Å²) in [5.74, 6) is -0.0538. The number of hydrogen-bond donors (Lipinski definition) is 1. The number of carbonyl (C=O) groups is 1. The third-order valence-corrected chi connectivity index (χ3v) is 2.75. The molecule has 0 fully saturated rings. The molecule has 0 radical (unpaired) electrons. The van der Waals surface area contributed by atoms with E-state index in [4.69, 9.17) is 0 Å². The largest absolute Gasteiger partial charge is 0.311 e. The number of anilines is 1. The summed E-state index contributed by atoms with van der Waals surface area (Å²) < 4.78 is 0. The number of aromatic amines is 1. The fourth-order valence-electron chi connectivity index (χ4n) is 1.70. The summed E-state index contributed by atoms with van der Waals surface area (Å²) in [6.07, 6.45) is 1.56. The summed E-state index contributed by atoms with van der Waals surface area (Å²) in [6.45, 7) is 3.84. The minimum Gasteiger partial charge on any atom is -0.311 e. The first kappa shape index (κ1) is 11.4. The number of aryl methyl sites for hydroxylation is 2. The summed E-state index contributed by atoms with van der Waals surface area (Å²) >= 11 is 0. The Morgan fingerprint density at radius 3 is 2.71 bits per heavy atom. The van der Waals surface area contributed by atoms with Crippen molar-refractivity contribution in [2.45, 2.75) is 13.8 Å². The van der Waals surface area contributed by atoms with Crippen LogP contribution in [0.2, 0.25) is 0 Å². The molecule has 4 nitrogen and oxygen atoms in total. The van der Waals surface area contributed by atoms with E-state index in [2.05, 4.69) is 10.2 Å². The number of H-pyrrole nitrogens is 1. The summed E-state index contributed by atoms with van der Waals surface area (Å²) in [4.78, 5) is 13.8. The Bertz CT molecular complexity index is 545. The molecule has 0 saturated heterocycles. The number of amides is 1. The van der Waals surface area contributed by atoms with Gasteiger partial charge in [0.25, 0.3) is 5.91 Å². The molecule has 1 heterocycles. The van der Waals surface area contributed by atoms with Crippen LogP contribution in [0.1, 0.15) is 21.6 Å². The van der Waals surface area contributed by atoms with Gasteiger partial charge in [0.15, 0.2) is 0 Å². The van der Waals surface area contributed by atoms with Gasteiger partial charge in [0.05, 0.1) is 11.8 Å². The van der Waals surface area contributed by atoms with E-state index in [1.807, 2.05) is 38.1 Å². The Morgan fingerprint density at radius 1 is 1.35 bits per heavy atom. The Labute approximate surface area is 100 Å². The first-order chi connectivity index (χ1) is 8.09. The molecule has 0 spiro atoms. The lowest BCUT2D eigenvalue weighted by Gasteiger charge is -2.17. The van der Waals surface area contributed by atoms with Crippen LogP contribution in [0.3, 0.4) is 0 Å². The summed E-state index contributed by atoms with van der Waals surface area (Å²) in [5.41, 5.74) is 3.41. The molecule has 0 aliphatic heterocycles. The molecule has 17 heavy (non-hydrogen) atoms. The van der Waals surface area contributed by atoms with Crippen molar-refractivity contribution in [3.63, 3.8) is 0 Å². The van der Waals surface area contributed by atoms with Crippen molar-refractivity contribution in [1.29, 1.82) is 0 Å². The van der Waals surface area contributed by atoms with E-state index >= 15 is 0 Å². The topological polar surface area (TPSA) is 49.0 Å². The van der Waals surface area contributed by atoms with Crippen molar-refractivity contribution in [1.82, 2.24) is 10.2 Å². The van der Waals surface area contributed by atoms with Gasteiger partial charge in [-0.2, -0.15) is 5.10 Å². The van der Waals surface area contributed by atoms with Crippen LogP contribution in [0.25, 0.3) is 0 Å². The van der Waals surface area contributed by atoms with Crippen LogP contribution in [-0.4, -0.2) is 23.2 Å². The van der Waals surface area contributed by atoms with Gasteiger partial charge in [-0.1, -0.05) is 12.1 Å². The Kier molecular flexibility index (Phi) is 2.95. The SMILES string of the molecule is Cc1cccc(N(C)C(=O)c2cn[nH]c2C)c1. The van der Waals surface area contributed by atoms with Crippen molar-refractivity contribution in [3.8, 4) is 0 Å². The van der Waals surface area contributed by atoms with E-state index in [0.717, 1.165) is 16.9 Å². The molecular formula is C13H15N3O. The van der Waals surface area contributed by atoms with Crippen LogP contribution in [-0.2, 0) is 0 Å². The van der Waals surface area contributed by atoms with E-state index in [0.29, 0.717) is 5.56 Å². The third kappa shape index (κ3) is 2.20. The molecule has 2 rings (SSSR count). The van der Waals surface area contributed by atoms with Crippen LogP contribution >= 0.6 is 0 Å². The average molecular weight is 229 g/mol. The van der Waals surface area contributed by atoms with Crippen LogP contribution in [0.4, 0.5) is 5.69 Å². The minimum atomic E-state index is -0.0538. The van der Waals surface area contributed by atoms with Crippen LogP contribution in [0.5, 0.6) is 0 Å². The van der Waals surface area contributed by atoms with Crippen molar-refractivity contribution >= 4 is 11.6 Å². The molecule has 0 bridgehead atoms.